The summed E-state index contributed by atoms with van der Waals surface area (Å²) < 4.78 is 18.5. The van der Waals surface area contributed by atoms with Crippen LogP contribution >= 0.6 is 15.9 Å². The molecule has 0 bridgehead atoms. The van der Waals surface area contributed by atoms with Crippen molar-refractivity contribution in [3.05, 3.63) is 28.0 Å². The number of aliphatic carboxylic acids is 1. The van der Waals surface area contributed by atoms with Crippen molar-refractivity contribution in [3.8, 4) is 5.75 Å². The molecule has 0 aliphatic carbocycles. The number of halogens is 2. The van der Waals surface area contributed by atoms with E-state index < -0.39 is 11.8 Å². The average Bonchev–Trinajstić information content (AvgIpc) is 2.36. The van der Waals surface area contributed by atoms with Crippen LogP contribution in [0.4, 0.5) is 4.39 Å². The Bertz CT molecular complexity index is 488. The minimum absolute atomic E-state index is 0.0392. The molecule has 0 aromatic heterocycles. The van der Waals surface area contributed by atoms with Gasteiger partial charge in [-0.3, -0.25) is 9.59 Å². The number of rotatable bonds is 7. The van der Waals surface area contributed by atoms with Crippen LogP contribution in [-0.4, -0.2) is 24.0 Å². The largest absolute Gasteiger partial charge is 0.496 e. The van der Waals surface area contributed by atoms with E-state index in [1.165, 1.54) is 13.2 Å². The summed E-state index contributed by atoms with van der Waals surface area (Å²) in [6, 6.07) is 2.53. The molecule has 0 saturated heterocycles. The predicted molar refractivity (Wildman–Crippen MR) is 71.1 cm³/mol. The third-order valence-electron chi connectivity index (χ3n) is 2.59. The van der Waals surface area contributed by atoms with E-state index in [-0.39, 0.29) is 28.8 Å². The van der Waals surface area contributed by atoms with Crippen molar-refractivity contribution >= 4 is 27.7 Å². The molecule has 0 saturated carbocycles. The Balaban J connectivity index is 2.71. The number of hydrogen-bond acceptors (Lipinski definition) is 3. The van der Waals surface area contributed by atoms with Gasteiger partial charge in [0, 0.05) is 18.9 Å². The van der Waals surface area contributed by atoms with Crippen LogP contribution < -0.4 is 4.74 Å². The van der Waals surface area contributed by atoms with E-state index in [0.717, 1.165) is 6.07 Å². The second-order valence-corrected chi connectivity index (χ2v) is 4.84. The molecule has 0 amide bonds. The van der Waals surface area contributed by atoms with Crippen LogP contribution in [0.2, 0.25) is 0 Å². The van der Waals surface area contributed by atoms with Crippen molar-refractivity contribution in [3.63, 3.8) is 0 Å². The molecule has 0 spiro atoms. The van der Waals surface area contributed by atoms with Crippen LogP contribution in [0.3, 0.4) is 0 Å². The molecular weight excluding hydrogens is 319 g/mol. The molecule has 4 nitrogen and oxygen atoms in total. The lowest BCUT2D eigenvalue weighted by atomic mass is 10.0. The SMILES string of the molecule is COc1cc(F)c(Br)cc1C(=O)CCCCC(=O)O. The van der Waals surface area contributed by atoms with E-state index in [1.807, 2.05) is 0 Å². The first-order valence-corrected chi connectivity index (χ1v) is 6.53. The number of hydrogen-bond donors (Lipinski definition) is 1. The van der Waals surface area contributed by atoms with Crippen molar-refractivity contribution in [2.75, 3.05) is 7.11 Å². The van der Waals surface area contributed by atoms with E-state index in [9.17, 15) is 14.0 Å². The van der Waals surface area contributed by atoms with Gasteiger partial charge in [-0.2, -0.15) is 0 Å². The van der Waals surface area contributed by atoms with Crippen LogP contribution in [0.25, 0.3) is 0 Å². The highest BCUT2D eigenvalue weighted by Crippen LogP contribution is 2.27. The van der Waals surface area contributed by atoms with Crippen LogP contribution in [0, 0.1) is 5.82 Å². The first-order valence-electron chi connectivity index (χ1n) is 5.73. The highest BCUT2D eigenvalue weighted by atomic mass is 79.9. The summed E-state index contributed by atoms with van der Waals surface area (Å²) in [6.07, 6.45) is 1.16. The average molecular weight is 333 g/mol. The number of benzene rings is 1. The van der Waals surface area contributed by atoms with Gasteiger partial charge < -0.3 is 9.84 Å². The maximum Gasteiger partial charge on any atom is 0.303 e. The monoisotopic (exact) mass is 332 g/mol. The van der Waals surface area contributed by atoms with Gasteiger partial charge in [-0.15, -0.1) is 0 Å². The van der Waals surface area contributed by atoms with E-state index >= 15 is 0 Å². The molecule has 1 N–H and O–H groups in total. The molecule has 0 radical (unpaired) electrons. The number of ether oxygens (including phenoxy) is 1. The standard InChI is InChI=1S/C13H14BrFO4/c1-19-12-7-10(15)9(14)6-8(12)11(16)4-2-3-5-13(17)18/h6-7H,2-5H2,1H3,(H,17,18). The summed E-state index contributed by atoms with van der Waals surface area (Å²) in [4.78, 5) is 22.3. The molecule has 0 fully saturated rings. The molecule has 19 heavy (non-hydrogen) atoms. The van der Waals surface area contributed by atoms with Crippen molar-refractivity contribution in [2.24, 2.45) is 0 Å². The minimum Gasteiger partial charge on any atom is -0.496 e. The smallest absolute Gasteiger partial charge is 0.303 e. The van der Waals surface area contributed by atoms with Crippen molar-refractivity contribution < 1.29 is 23.8 Å². The lowest BCUT2D eigenvalue weighted by molar-refractivity contribution is -0.137. The zero-order valence-electron chi connectivity index (χ0n) is 10.4. The van der Waals surface area contributed by atoms with Gasteiger partial charge >= 0.3 is 5.97 Å². The van der Waals surface area contributed by atoms with Gasteiger partial charge in [0.05, 0.1) is 17.1 Å². The normalized spacial score (nSPS) is 10.3. The fraction of sp³-hybridized carbons (Fsp3) is 0.385. The molecular formula is C13H14BrFO4. The van der Waals surface area contributed by atoms with E-state index in [4.69, 9.17) is 9.84 Å². The molecule has 0 unspecified atom stereocenters. The molecule has 1 aromatic rings. The first kappa shape index (κ1) is 15.6. The quantitative estimate of drug-likeness (QED) is 0.613. The van der Waals surface area contributed by atoms with E-state index in [0.29, 0.717) is 18.4 Å². The molecule has 104 valence electrons. The summed E-state index contributed by atoms with van der Waals surface area (Å²) in [7, 11) is 1.36. The number of carboxylic acid groups (broad SMARTS) is 1. The van der Waals surface area contributed by atoms with Crippen molar-refractivity contribution in [1.82, 2.24) is 0 Å². The first-order chi connectivity index (χ1) is 8.95. The third kappa shape index (κ3) is 4.63. The Hall–Kier alpha value is -1.43. The number of carbonyl (C=O) groups is 2. The zero-order valence-corrected chi connectivity index (χ0v) is 12.0. The molecule has 6 heteroatoms. The Morgan fingerprint density at radius 1 is 1.32 bits per heavy atom. The number of ketones is 1. The van der Waals surface area contributed by atoms with Gasteiger partial charge in [0.25, 0.3) is 0 Å². The lowest BCUT2D eigenvalue weighted by Gasteiger charge is -2.08. The van der Waals surface area contributed by atoms with E-state index in [1.54, 1.807) is 0 Å². The number of unbranched alkanes of at least 4 members (excludes halogenated alkanes) is 1. The van der Waals surface area contributed by atoms with Crippen LogP contribution in [-0.2, 0) is 4.79 Å². The van der Waals surface area contributed by atoms with Crippen LogP contribution in [0.1, 0.15) is 36.0 Å². The zero-order chi connectivity index (χ0) is 14.4. The number of Topliss-reactive ketones (excluding diaryl/α,β-unsaturated/α-hetero) is 1. The molecule has 0 atom stereocenters. The van der Waals surface area contributed by atoms with Gasteiger partial charge in [0.2, 0.25) is 0 Å². The Morgan fingerprint density at radius 2 is 1.95 bits per heavy atom. The summed E-state index contributed by atoms with van der Waals surface area (Å²) in [5.74, 6) is -1.39. The maximum absolute atomic E-state index is 13.3. The summed E-state index contributed by atoms with van der Waals surface area (Å²) in [5.41, 5.74) is 0.297. The third-order valence-corrected chi connectivity index (χ3v) is 3.19. The molecule has 0 aliphatic rings. The Labute approximate surface area is 118 Å². The van der Waals surface area contributed by atoms with Gasteiger partial charge in [-0.05, 0) is 34.8 Å². The Morgan fingerprint density at radius 3 is 2.53 bits per heavy atom. The topological polar surface area (TPSA) is 63.6 Å². The Kier molecular flexibility index (Phi) is 5.95. The number of methoxy groups -OCH3 is 1. The van der Waals surface area contributed by atoms with Gasteiger partial charge in [0.15, 0.2) is 5.78 Å². The van der Waals surface area contributed by atoms with Crippen LogP contribution in [0.15, 0.2) is 16.6 Å². The van der Waals surface area contributed by atoms with Gasteiger partial charge in [-0.25, -0.2) is 4.39 Å². The summed E-state index contributed by atoms with van der Waals surface area (Å²) in [6.45, 7) is 0. The van der Waals surface area contributed by atoms with Crippen molar-refractivity contribution in [2.45, 2.75) is 25.7 Å². The summed E-state index contributed by atoms with van der Waals surface area (Å²) >= 11 is 3.02. The molecule has 1 rings (SSSR count). The summed E-state index contributed by atoms with van der Waals surface area (Å²) in [5, 5.41) is 8.49. The second-order valence-electron chi connectivity index (χ2n) is 3.99. The fourth-order valence-corrected chi connectivity index (χ4v) is 1.96. The van der Waals surface area contributed by atoms with Crippen LogP contribution in [0.5, 0.6) is 5.75 Å². The highest BCUT2D eigenvalue weighted by molar-refractivity contribution is 9.10. The second kappa shape index (κ2) is 7.23. The number of carbonyl (C=O) groups excluding carboxylic acids is 1. The molecule has 0 aliphatic heterocycles. The van der Waals surface area contributed by atoms with Crippen molar-refractivity contribution in [1.29, 1.82) is 0 Å². The predicted octanol–water partition coefficient (Wildman–Crippen LogP) is 3.42. The molecule has 0 heterocycles. The molecule has 1 aromatic carbocycles. The lowest BCUT2D eigenvalue weighted by Crippen LogP contribution is -2.04. The minimum atomic E-state index is -0.880. The fourth-order valence-electron chi connectivity index (χ4n) is 1.61. The van der Waals surface area contributed by atoms with Gasteiger partial charge in [0.1, 0.15) is 11.6 Å². The van der Waals surface area contributed by atoms with Gasteiger partial charge in [-0.1, -0.05) is 0 Å². The maximum atomic E-state index is 13.3. The highest BCUT2D eigenvalue weighted by Gasteiger charge is 2.15. The van der Waals surface area contributed by atoms with E-state index in [2.05, 4.69) is 15.9 Å². The number of carboxylic acids is 1.